The van der Waals surface area contributed by atoms with Gasteiger partial charge in [0.15, 0.2) is 0 Å². The number of rotatable bonds is 4. The molecule has 2 heterocycles. The number of carbonyl (C=O) groups excluding carboxylic acids is 1. The van der Waals surface area contributed by atoms with Crippen molar-refractivity contribution in [1.82, 2.24) is 9.97 Å². The molecule has 126 valence electrons. The standard InChI is InChI=1S/C18H22N4O2/c1-13-9-10-19-18(20-13)22-11-3-4-14(12-22)17(23)21-15-5-7-16(24-2)8-6-15/h5-10,14H,3-4,11-12H2,1-2H3,(H,21,23)/t14-/m1/s1. The smallest absolute Gasteiger partial charge is 0.229 e. The van der Waals surface area contributed by atoms with E-state index in [9.17, 15) is 4.79 Å². The summed E-state index contributed by atoms with van der Waals surface area (Å²) in [4.78, 5) is 23.4. The molecule has 1 saturated heterocycles. The van der Waals surface area contributed by atoms with Crippen molar-refractivity contribution in [2.75, 3.05) is 30.4 Å². The van der Waals surface area contributed by atoms with Gasteiger partial charge in [0.2, 0.25) is 11.9 Å². The van der Waals surface area contributed by atoms with Crippen molar-refractivity contribution >= 4 is 17.5 Å². The van der Waals surface area contributed by atoms with Gasteiger partial charge in [-0.3, -0.25) is 4.79 Å². The van der Waals surface area contributed by atoms with Gasteiger partial charge in [-0.15, -0.1) is 0 Å². The molecule has 0 unspecified atom stereocenters. The summed E-state index contributed by atoms with van der Waals surface area (Å²) in [5.41, 5.74) is 1.72. The lowest BCUT2D eigenvalue weighted by Gasteiger charge is -2.32. The van der Waals surface area contributed by atoms with Crippen LogP contribution in [0, 0.1) is 12.8 Å². The lowest BCUT2D eigenvalue weighted by Crippen LogP contribution is -2.41. The first-order chi connectivity index (χ1) is 11.7. The number of ether oxygens (including phenoxy) is 1. The summed E-state index contributed by atoms with van der Waals surface area (Å²) in [5.74, 6) is 1.45. The zero-order chi connectivity index (χ0) is 16.9. The maximum atomic E-state index is 12.6. The average Bonchev–Trinajstić information content (AvgIpc) is 2.62. The highest BCUT2D eigenvalue weighted by Crippen LogP contribution is 2.22. The van der Waals surface area contributed by atoms with Crippen LogP contribution in [0.1, 0.15) is 18.5 Å². The first-order valence-corrected chi connectivity index (χ1v) is 8.15. The third-order valence-corrected chi connectivity index (χ3v) is 4.21. The van der Waals surface area contributed by atoms with Crippen molar-refractivity contribution in [2.24, 2.45) is 5.92 Å². The molecule has 2 aromatic rings. The zero-order valence-corrected chi connectivity index (χ0v) is 14.0. The van der Waals surface area contributed by atoms with Gasteiger partial charge in [-0.05, 0) is 50.1 Å². The fourth-order valence-electron chi connectivity index (χ4n) is 2.88. The van der Waals surface area contributed by atoms with Crippen molar-refractivity contribution < 1.29 is 9.53 Å². The maximum absolute atomic E-state index is 12.6. The Morgan fingerprint density at radius 1 is 1.29 bits per heavy atom. The molecule has 24 heavy (non-hydrogen) atoms. The normalized spacial score (nSPS) is 17.4. The molecule has 6 nitrogen and oxygen atoms in total. The summed E-state index contributed by atoms with van der Waals surface area (Å²) < 4.78 is 5.13. The van der Waals surface area contributed by atoms with Crippen molar-refractivity contribution in [3.63, 3.8) is 0 Å². The lowest BCUT2D eigenvalue weighted by atomic mass is 9.97. The highest BCUT2D eigenvalue weighted by Gasteiger charge is 2.27. The van der Waals surface area contributed by atoms with Crippen LogP contribution in [0.3, 0.4) is 0 Å². The number of anilines is 2. The monoisotopic (exact) mass is 326 g/mol. The Morgan fingerprint density at radius 3 is 2.79 bits per heavy atom. The summed E-state index contributed by atoms with van der Waals surface area (Å²) >= 11 is 0. The summed E-state index contributed by atoms with van der Waals surface area (Å²) in [7, 11) is 1.62. The van der Waals surface area contributed by atoms with Crippen LogP contribution in [0.4, 0.5) is 11.6 Å². The Hall–Kier alpha value is -2.63. The minimum atomic E-state index is -0.0648. The molecular formula is C18H22N4O2. The van der Waals surface area contributed by atoms with Crippen LogP contribution in [0.15, 0.2) is 36.5 Å². The molecule has 1 atom stereocenters. The van der Waals surface area contributed by atoms with E-state index in [1.807, 2.05) is 37.3 Å². The molecule has 1 aromatic heterocycles. The van der Waals surface area contributed by atoms with Gasteiger partial charge in [0.1, 0.15) is 5.75 Å². The Morgan fingerprint density at radius 2 is 2.08 bits per heavy atom. The fourth-order valence-corrected chi connectivity index (χ4v) is 2.88. The van der Waals surface area contributed by atoms with Crippen molar-refractivity contribution in [2.45, 2.75) is 19.8 Å². The number of methoxy groups -OCH3 is 1. The van der Waals surface area contributed by atoms with E-state index in [1.54, 1.807) is 13.3 Å². The number of hydrogen-bond acceptors (Lipinski definition) is 5. The number of carbonyl (C=O) groups is 1. The predicted molar refractivity (Wildman–Crippen MR) is 93.3 cm³/mol. The Balaban J connectivity index is 1.64. The van der Waals surface area contributed by atoms with Gasteiger partial charge in [0.05, 0.1) is 13.0 Å². The van der Waals surface area contributed by atoms with Crippen LogP contribution >= 0.6 is 0 Å². The molecule has 1 aliphatic heterocycles. The number of nitrogens with zero attached hydrogens (tertiary/aromatic N) is 3. The van der Waals surface area contributed by atoms with Crippen molar-refractivity contribution in [3.05, 3.63) is 42.2 Å². The molecule has 1 amide bonds. The average molecular weight is 326 g/mol. The summed E-state index contributed by atoms with van der Waals surface area (Å²) in [5, 5.41) is 2.98. The number of aryl methyl sites for hydroxylation is 1. The van der Waals surface area contributed by atoms with Crippen LogP contribution in [0.5, 0.6) is 5.75 Å². The summed E-state index contributed by atoms with van der Waals surface area (Å²) in [6, 6.07) is 9.25. The second kappa shape index (κ2) is 7.29. The minimum Gasteiger partial charge on any atom is -0.497 e. The molecule has 1 aliphatic rings. The predicted octanol–water partition coefficient (Wildman–Crippen LogP) is 2.65. The second-order valence-corrected chi connectivity index (χ2v) is 6.00. The van der Waals surface area contributed by atoms with E-state index in [1.165, 1.54) is 0 Å². The number of benzene rings is 1. The summed E-state index contributed by atoms with van der Waals surface area (Å²) in [6.07, 6.45) is 3.60. The Labute approximate surface area is 141 Å². The van der Waals surface area contributed by atoms with Crippen LogP contribution in [-0.2, 0) is 4.79 Å². The fraction of sp³-hybridized carbons (Fsp3) is 0.389. The molecule has 6 heteroatoms. The second-order valence-electron chi connectivity index (χ2n) is 6.00. The van der Waals surface area contributed by atoms with E-state index in [2.05, 4.69) is 20.2 Å². The van der Waals surface area contributed by atoms with Crippen LogP contribution < -0.4 is 15.0 Å². The van der Waals surface area contributed by atoms with E-state index in [4.69, 9.17) is 4.74 Å². The molecule has 1 fully saturated rings. The molecule has 0 saturated carbocycles. The molecule has 0 radical (unpaired) electrons. The van der Waals surface area contributed by atoms with E-state index in [0.717, 1.165) is 36.5 Å². The van der Waals surface area contributed by atoms with Gasteiger partial charge < -0.3 is 15.0 Å². The van der Waals surface area contributed by atoms with E-state index in [-0.39, 0.29) is 11.8 Å². The molecule has 0 bridgehead atoms. The molecule has 0 aliphatic carbocycles. The topological polar surface area (TPSA) is 67.3 Å². The molecular weight excluding hydrogens is 304 g/mol. The SMILES string of the molecule is COc1ccc(NC(=O)[C@@H]2CCCN(c3nccc(C)n3)C2)cc1. The van der Waals surface area contributed by atoms with E-state index < -0.39 is 0 Å². The Kier molecular flexibility index (Phi) is 4.93. The van der Waals surface area contributed by atoms with Gasteiger partial charge in [-0.1, -0.05) is 0 Å². The highest BCUT2D eigenvalue weighted by molar-refractivity contribution is 5.93. The van der Waals surface area contributed by atoms with Crippen LogP contribution in [0.2, 0.25) is 0 Å². The van der Waals surface area contributed by atoms with Gasteiger partial charge >= 0.3 is 0 Å². The van der Waals surface area contributed by atoms with Crippen LogP contribution in [0.25, 0.3) is 0 Å². The molecule has 0 spiro atoms. The minimum absolute atomic E-state index is 0.0394. The van der Waals surface area contributed by atoms with Gasteiger partial charge in [0, 0.05) is 30.7 Å². The first kappa shape index (κ1) is 16.2. The lowest BCUT2D eigenvalue weighted by molar-refractivity contribution is -0.120. The number of aromatic nitrogens is 2. The largest absolute Gasteiger partial charge is 0.497 e. The highest BCUT2D eigenvalue weighted by atomic mass is 16.5. The molecule has 3 rings (SSSR count). The van der Waals surface area contributed by atoms with E-state index >= 15 is 0 Å². The van der Waals surface area contributed by atoms with Crippen molar-refractivity contribution in [1.29, 1.82) is 0 Å². The quantitative estimate of drug-likeness (QED) is 0.935. The number of hydrogen-bond donors (Lipinski definition) is 1. The van der Waals surface area contributed by atoms with E-state index in [0.29, 0.717) is 12.5 Å². The molecule has 1 aromatic carbocycles. The zero-order valence-electron chi connectivity index (χ0n) is 14.0. The number of nitrogens with one attached hydrogen (secondary N) is 1. The van der Waals surface area contributed by atoms with Gasteiger partial charge in [0.25, 0.3) is 0 Å². The third kappa shape index (κ3) is 3.82. The van der Waals surface area contributed by atoms with Crippen LogP contribution in [-0.4, -0.2) is 36.1 Å². The maximum Gasteiger partial charge on any atom is 0.229 e. The van der Waals surface area contributed by atoms with Gasteiger partial charge in [-0.2, -0.15) is 0 Å². The summed E-state index contributed by atoms with van der Waals surface area (Å²) in [6.45, 7) is 3.48. The van der Waals surface area contributed by atoms with Crippen molar-refractivity contribution in [3.8, 4) is 5.75 Å². The third-order valence-electron chi connectivity index (χ3n) is 4.21. The first-order valence-electron chi connectivity index (χ1n) is 8.15. The number of piperidine rings is 1. The van der Waals surface area contributed by atoms with Gasteiger partial charge in [-0.25, -0.2) is 9.97 Å². The number of amides is 1. The Bertz CT molecular complexity index is 702. The molecule has 1 N–H and O–H groups in total.